The van der Waals surface area contributed by atoms with Crippen molar-refractivity contribution in [3.05, 3.63) is 28.8 Å². The van der Waals surface area contributed by atoms with Crippen LogP contribution < -0.4 is 4.74 Å². The molecular weight excluding hydrogens is 261 g/mol. The molecule has 0 aromatic heterocycles. The molecule has 0 fully saturated rings. The zero-order valence-electron chi connectivity index (χ0n) is 8.47. The molecule has 1 aromatic rings. The fraction of sp³-hybridized carbons (Fsp3) is 0.200. The predicted molar refractivity (Wildman–Crippen MR) is 53.6 cm³/mol. The molecule has 0 saturated heterocycles. The van der Waals surface area contributed by atoms with Crippen LogP contribution >= 0.6 is 11.6 Å². The highest BCUT2D eigenvalue weighted by Gasteiger charge is 2.36. The number of alkyl halides is 3. The van der Waals surface area contributed by atoms with Crippen molar-refractivity contribution in [3.8, 4) is 5.75 Å². The molecule has 0 aliphatic carbocycles. The topological polar surface area (TPSA) is 43.4 Å². The van der Waals surface area contributed by atoms with Crippen LogP contribution in [0.1, 0.15) is 26.3 Å². The van der Waals surface area contributed by atoms with Crippen LogP contribution in [0, 0.1) is 0 Å². The number of carbonyl (C=O) groups is 2. The van der Waals surface area contributed by atoms with Crippen molar-refractivity contribution in [1.82, 2.24) is 0 Å². The van der Waals surface area contributed by atoms with Crippen LogP contribution in [0.25, 0.3) is 0 Å². The van der Waals surface area contributed by atoms with Gasteiger partial charge in [-0.15, -0.1) is 0 Å². The van der Waals surface area contributed by atoms with Crippen LogP contribution in [0.15, 0.2) is 12.1 Å². The first-order valence-corrected chi connectivity index (χ1v) is 4.64. The minimum absolute atomic E-state index is 0.0685. The van der Waals surface area contributed by atoms with Crippen molar-refractivity contribution in [2.75, 3.05) is 7.11 Å². The summed E-state index contributed by atoms with van der Waals surface area (Å²) in [6, 6.07) is 1.59. The smallest absolute Gasteiger partial charge is 0.417 e. The van der Waals surface area contributed by atoms with E-state index in [-0.39, 0.29) is 12.0 Å². The quantitative estimate of drug-likeness (QED) is 0.624. The summed E-state index contributed by atoms with van der Waals surface area (Å²) in [5.74, 6) is -0.180. The first-order chi connectivity index (χ1) is 7.82. The van der Waals surface area contributed by atoms with E-state index in [1.165, 1.54) is 0 Å². The van der Waals surface area contributed by atoms with Gasteiger partial charge in [0.15, 0.2) is 6.29 Å². The number of carbonyl (C=O) groups excluding carboxylic acids is 2. The van der Waals surface area contributed by atoms with Gasteiger partial charge in [0.1, 0.15) is 5.75 Å². The number of rotatable bonds is 3. The Hall–Kier alpha value is -1.56. The van der Waals surface area contributed by atoms with Gasteiger partial charge in [0.2, 0.25) is 0 Å². The van der Waals surface area contributed by atoms with E-state index < -0.39 is 28.1 Å². The highest BCUT2D eigenvalue weighted by Crippen LogP contribution is 2.36. The standard InChI is InChI=1S/C10H6ClF3O3/c1-17-7-3-2-6(10(12,13)14)5(4-15)8(7)9(11)16/h2-4H,1H3. The first-order valence-electron chi connectivity index (χ1n) is 4.26. The molecule has 1 rings (SSSR count). The highest BCUT2D eigenvalue weighted by atomic mass is 35.5. The maximum Gasteiger partial charge on any atom is 0.417 e. The highest BCUT2D eigenvalue weighted by molar-refractivity contribution is 6.68. The van der Waals surface area contributed by atoms with Crippen LogP contribution in [0.5, 0.6) is 5.75 Å². The van der Waals surface area contributed by atoms with E-state index >= 15 is 0 Å². The van der Waals surface area contributed by atoms with Gasteiger partial charge in [0.05, 0.1) is 18.2 Å². The molecule has 0 spiro atoms. The summed E-state index contributed by atoms with van der Waals surface area (Å²) in [6.07, 6.45) is -4.81. The zero-order chi connectivity index (χ0) is 13.2. The Labute approximate surface area is 99.1 Å². The van der Waals surface area contributed by atoms with Gasteiger partial charge in [0.25, 0.3) is 5.24 Å². The Bertz CT molecular complexity index is 469. The van der Waals surface area contributed by atoms with Crippen molar-refractivity contribution in [2.45, 2.75) is 6.18 Å². The van der Waals surface area contributed by atoms with Crippen molar-refractivity contribution in [1.29, 1.82) is 0 Å². The van der Waals surface area contributed by atoms with Crippen LogP contribution in [-0.4, -0.2) is 18.6 Å². The molecule has 0 bridgehead atoms. The molecule has 17 heavy (non-hydrogen) atoms. The summed E-state index contributed by atoms with van der Waals surface area (Å²) in [7, 11) is 1.15. The van der Waals surface area contributed by atoms with Crippen LogP contribution in [0.2, 0.25) is 0 Å². The number of hydrogen-bond acceptors (Lipinski definition) is 3. The summed E-state index contributed by atoms with van der Waals surface area (Å²) < 4.78 is 42.4. The molecule has 0 radical (unpaired) electrons. The van der Waals surface area contributed by atoms with Gasteiger partial charge in [-0.3, -0.25) is 9.59 Å². The number of ether oxygens (including phenoxy) is 1. The van der Waals surface area contributed by atoms with E-state index in [0.717, 1.165) is 13.2 Å². The molecule has 0 aliphatic rings. The van der Waals surface area contributed by atoms with Gasteiger partial charge >= 0.3 is 6.18 Å². The molecule has 0 atom stereocenters. The summed E-state index contributed by atoms with van der Waals surface area (Å²) in [5.41, 5.74) is -2.63. The second-order valence-electron chi connectivity index (χ2n) is 2.99. The third-order valence-corrected chi connectivity index (χ3v) is 2.24. The minimum Gasteiger partial charge on any atom is -0.496 e. The first kappa shape index (κ1) is 13.5. The Morgan fingerprint density at radius 3 is 2.35 bits per heavy atom. The molecular formula is C10H6ClF3O3. The number of methoxy groups -OCH3 is 1. The Morgan fingerprint density at radius 2 is 2.00 bits per heavy atom. The molecule has 0 aliphatic heterocycles. The van der Waals surface area contributed by atoms with E-state index in [0.29, 0.717) is 6.07 Å². The van der Waals surface area contributed by atoms with Crippen molar-refractivity contribution in [3.63, 3.8) is 0 Å². The largest absolute Gasteiger partial charge is 0.496 e. The number of halogens is 4. The molecule has 0 amide bonds. The molecule has 7 heteroatoms. The van der Waals surface area contributed by atoms with Gasteiger partial charge in [-0.2, -0.15) is 13.2 Å². The predicted octanol–water partition coefficient (Wildman–Crippen LogP) is 2.91. The molecule has 3 nitrogen and oxygen atoms in total. The third-order valence-electron chi connectivity index (χ3n) is 2.05. The lowest BCUT2D eigenvalue weighted by Gasteiger charge is -2.13. The number of hydrogen-bond donors (Lipinski definition) is 0. The van der Waals surface area contributed by atoms with Gasteiger partial charge in [0, 0.05) is 5.56 Å². The maximum atomic E-state index is 12.6. The van der Waals surface area contributed by atoms with Crippen molar-refractivity contribution >= 4 is 23.1 Å². The average Bonchev–Trinajstić information content (AvgIpc) is 2.25. The lowest BCUT2D eigenvalue weighted by atomic mass is 10.0. The fourth-order valence-corrected chi connectivity index (χ4v) is 1.54. The SMILES string of the molecule is COc1ccc(C(F)(F)F)c(C=O)c1C(=O)Cl. The Kier molecular flexibility index (Phi) is 3.77. The van der Waals surface area contributed by atoms with E-state index in [2.05, 4.69) is 4.74 Å². The maximum absolute atomic E-state index is 12.6. The Morgan fingerprint density at radius 1 is 1.41 bits per heavy atom. The van der Waals surface area contributed by atoms with E-state index in [9.17, 15) is 22.8 Å². The van der Waals surface area contributed by atoms with Crippen LogP contribution in [-0.2, 0) is 6.18 Å². The van der Waals surface area contributed by atoms with Gasteiger partial charge in [-0.25, -0.2) is 0 Å². The van der Waals surface area contributed by atoms with Crippen LogP contribution in [0.4, 0.5) is 13.2 Å². The summed E-state index contributed by atoms with van der Waals surface area (Å²) in [6.45, 7) is 0. The molecule has 0 heterocycles. The van der Waals surface area contributed by atoms with E-state index in [4.69, 9.17) is 11.6 Å². The third kappa shape index (κ3) is 2.58. The van der Waals surface area contributed by atoms with Crippen molar-refractivity contribution in [2.24, 2.45) is 0 Å². The zero-order valence-corrected chi connectivity index (χ0v) is 9.22. The number of benzene rings is 1. The second kappa shape index (κ2) is 4.75. The van der Waals surface area contributed by atoms with E-state index in [1.54, 1.807) is 0 Å². The minimum atomic E-state index is -4.75. The molecule has 1 aromatic carbocycles. The molecule has 92 valence electrons. The monoisotopic (exact) mass is 266 g/mol. The molecule has 0 unspecified atom stereocenters. The van der Waals surface area contributed by atoms with Gasteiger partial charge < -0.3 is 4.74 Å². The van der Waals surface area contributed by atoms with Crippen LogP contribution in [0.3, 0.4) is 0 Å². The van der Waals surface area contributed by atoms with Gasteiger partial charge in [-0.05, 0) is 23.7 Å². The Balaban J connectivity index is 3.64. The summed E-state index contributed by atoms with van der Waals surface area (Å²) in [4.78, 5) is 21.7. The summed E-state index contributed by atoms with van der Waals surface area (Å²) >= 11 is 5.15. The normalized spacial score (nSPS) is 11.1. The second-order valence-corrected chi connectivity index (χ2v) is 3.34. The lowest BCUT2D eigenvalue weighted by molar-refractivity contribution is -0.137. The average molecular weight is 267 g/mol. The molecule has 0 saturated carbocycles. The molecule has 0 N–H and O–H groups in total. The lowest BCUT2D eigenvalue weighted by Crippen LogP contribution is -2.13. The number of aldehydes is 1. The van der Waals surface area contributed by atoms with Gasteiger partial charge in [-0.1, -0.05) is 0 Å². The van der Waals surface area contributed by atoms with Crippen molar-refractivity contribution < 1.29 is 27.5 Å². The summed E-state index contributed by atoms with van der Waals surface area (Å²) in [5, 5.41) is -1.19. The van der Waals surface area contributed by atoms with E-state index in [1.807, 2.05) is 0 Å². The fourth-order valence-electron chi connectivity index (χ4n) is 1.34.